The minimum absolute atomic E-state index is 0.139. The lowest BCUT2D eigenvalue weighted by Gasteiger charge is -2.35. The van der Waals surface area contributed by atoms with Crippen molar-refractivity contribution < 1.29 is 0 Å². The highest BCUT2D eigenvalue weighted by atomic mass is 35.5. The van der Waals surface area contributed by atoms with Crippen molar-refractivity contribution >= 4 is 11.6 Å². The van der Waals surface area contributed by atoms with Crippen LogP contribution in [0.3, 0.4) is 0 Å². The Morgan fingerprint density at radius 3 is 1.53 bits per heavy atom. The first-order valence-electron chi connectivity index (χ1n) is 16.0. The van der Waals surface area contributed by atoms with Gasteiger partial charge in [-0.3, -0.25) is 0 Å². The van der Waals surface area contributed by atoms with Crippen molar-refractivity contribution in [3.63, 3.8) is 0 Å². The van der Waals surface area contributed by atoms with Crippen molar-refractivity contribution in [2.75, 3.05) is 0 Å². The van der Waals surface area contributed by atoms with Gasteiger partial charge in [0, 0.05) is 16.5 Å². The lowest BCUT2D eigenvalue weighted by molar-refractivity contribution is 0.660. The fraction of sp³-hybridized carbons (Fsp3) is 0.0930. The van der Waals surface area contributed by atoms with Gasteiger partial charge in [-0.05, 0) is 73.3 Å². The maximum absolute atomic E-state index is 6.76. The quantitative estimate of drug-likeness (QED) is 0.196. The number of hydrogen-bond donors (Lipinski definition) is 0. The number of rotatable bonds is 4. The molecule has 47 heavy (non-hydrogen) atoms. The predicted molar refractivity (Wildman–Crippen MR) is 191 cm³/mol. The second-order valence-electron chi connectivity index (χ2n) is 12.9. The molecule has 0 aliphatic heterocycles. The van der Waals surface area contributed by atoms with E-state index in [0.717, 1.165) is 16.7 Å². The fourth-order valence-corrected chi connectivity index (χ4v) is 8.29. The van der Waals surface area contributed by atoms with E-state index >= 15 is 0 Å². The molecule has 0 radical (unpaired) electrons. The number of nitrogens with zero attached hydrogens (tertiary/aromatic N) is 3. The Morgan fingerprint density at radius 1 is 0.426 bits per heavy atom. The van der Waals surface area contributed by atoms with Crippen LogP contribution in [-0.4, -0.2) is 15.0 Å². The predicted octanol–water partition coefficient (Wildman–Crippen LogP) is 10.5. The van der Waals surface area contributed by atoms with E-state index in [1.807, 2.05) is 0 Å². The minimum Gasteiger partial charge on any atom is -0.208 e. The third-order valence-electron chi connectivity index (χ3n) is 10.2. The Bertz CT molecular complexity index is 2310. The van der Waals surface area contributed by atoms with Gasteiger partial charge in [0.1, 0.15) is 0 Å². The average Bonchev–Trinajstić information content (AvgIpc) is 3.54. The summed E-state index contributed by atoms with van der Waals surface area (Å²) in [7, 11) is 0. The summed E-state index contributed by atoms with van der Waals surface area (Å²) in [5, 5.41) is 0.170. The molecule has 224 valence electrons. The normalized spacial score (nSPS) is 14.6. The van der Waals surface area contributed by atoms with E-state index in [0.29, 0.717) is 11.6 Å². The highest BCUT2D eigenvalue weighted by molar-refractivity contribution is 6.28. The Hall–Kier alpha value is -5.38. The zero-order chi connectivity index (χ0) is 31.8. The summed E-state index contributed by atoms with van der Waals surface area (Å²) in [5.74, 6) is 1.11. The van der Waals surface area contributed by atoms with Crippen LogP contribution in [0.5, 0.6) is 0 Å². The third kappa shape index (κ3) is 3.96. The summed E-state index contributed by atoms with van der Waals surface area (Å²) < 4.78 is 0. The van der Waals surface area contributed by atoms with Crippen LogP contribution in [0.25, 0.3) is 45.0 Å². The maximum Gasteiger partial charge on any atom is 0.226 e. The van der Waals surface area contributed by atoms with Crippen LogP contribution in [0.15, 0.2) is 146 Å². The first-order valence-corrected chi connectivity index (χ1v) is 16.4. The summed E-state index contributed by atoms with van der Waals surface area (Å²) in [6, 6.07) is 51.9. The zero-order valence-electron chi connectivity index (χ0n) is 26.1. The summed E-state index contributed by atoms with van der Waals surface area (Å²) >= 11 is 6.76. The number of benzene rings is 6. The molecular formula is C43H30ClN3. The molecule has 4 heteroatoms. The molecular weight excluding hydrogens is 594 g/mol. The van der Waals surface area contributed by atoms with Crippen molar-refractivity contribution in [2.24, 2.45) is 0 Å². The van der Waals surface area contributed by atoms with E-state index in [4.69, 9.17) is 21.6 Å². The van der Waals surface area contributed by atoms with Crippen molar-refractivity contribution in [1.82, 2.24) is 15.0 Å². The van der Waals surface area contributed by atoms with Gasteiger partial charge in [0.25, 0.3) is 0 Å². The van der Waals surface area contributed by atoms with Crippen LogP contribution in [0.2, 0.25) is 5.28 Å². The minimum atomic E-state index is -0.590. The molecule has 9 rings (SSSR count). The van der Waals surface area contributed by atoms with Crippen molar-refractivity contribution in [1.29, 1.82) is 0 Å². The molecule has 1 aromatic heterocycles. The molecule has 0 N–H and O–H groups in total. The smallest absolute Gasteiger partial charge is 0.208 e. The molecule has 0 saturated carbocycles. The van der Waals surface area contributed by atoms with E-state index in [1.54, 1.807) is 0 Å². The largest absolute Gasteiger partial charge is 0.226 e. The highest BCUT2D eigenvalue weighted by Gasteiger charge is 2.47. The Balaban J connectivity index is 1.27. The number of aromatic nitrogens is 3. The van der Waals surface area contributed by atoms with E-state index in [-0.39, 0.29) is 10.7 Å². The van der Waals surface area contributed by atoms with Gasteiger partial charge in [-0.2, -0.15) is 9.97 Å². The molecule has 1 heterocycles. The average molecular weight is 624 g/mol. The van der Waals surface area contributed by atoms with Gasteiger partial charge < -0.3 is 0 Å². The molecule has 3 nitrogen and oxygen atoms in total. The first kappa shape index (κ1) is 27.9. The summed E-state index contributed by atoms with van der Waals surface area (Å²) in [4.78, 5) is 14.6. The van der Waals surface area contributed by atoms with Crippen LogP contribution >= 0.6 is 11.6 Å². The molecule has 0 bridgehead atoms. The van der Waals surface area contributed by atoms with Gasteiger partial charge >= 0.3 is 0 Å². The summed E-state index contributed by atoms with van der Waals surface area (Å²) in [6.45, 7) is 4.56. The van der Waals surface area contributed by atoms with Gasteiger partial charge in [0.15, 0.2) is 11.6 Å². The Morgan fingerprint density at radius 2 is 0.894 bits per heavy atom. The first-order chi connectivity index (χ1) is 23.0. The second-order valence-corrected chi connectivity index (χ2v) is 13.3. The van der Waals surface area contributed by atoms with Gasteiger partial charge in [0.05, 0.1) is 5.41 Å². The molecule has 0 amide bonds. The van der Waals surface area contributed by atoms with E-state index in [9.17, 15) is 0 Å². The Labute approximate surface area is 279 Å². The second kappa shape index (κ2) is 10.3. The zero-order valence-corrected chi connectivity index (χ0v) is 26.8. The topological polar surface area (TPSA) is 38.7 Å². The number of fused-ring (bicyclic) bond motifs is 6. The van der Waals surface area contributed by atoms with Crippen molar-refractivity contribution in [3.8, 4) is 45.0 Å². The van der Waals surface area contributed by atoms with Gasteiger partial charge in [-0.1, -0.05) is 153 Å². The summed E-state index contributed by atoms with van der Waals surface area (Å²) in [6.07, 6.45) is 0. The SMILES string of the molecule is CC1(C)c2ccccc2-c2ccc(-c3nc(Cl)nc(-c4ccccc4C4(c5ccccc5)c5ccccc5-c5ccccc54)n3)cc21. The number of halogens is 1. The molecule has 0 unspecified atom stereocenters. The van der Waals surface area contributed by atoms with Crippen molar-refractivity contribution in [2.45, 2.75) is 24.7 Å². The maximum atomic E-state index is 6.76. The number of hydrogen-bond acceptors (Lipinski definition) is 3. The van der Waals surface area contributed by atoms with Crippen LogP contribution in [0.1, 0.15) is 47.2 Å². The molecule has 0 atom stereocenters. The third-order valence-corrected chi connectivity index (χ3v) is 10.3. The van der Waals surface area contributed by atoms with Crippen LogP contribution < -0.4 is 0 Å². The lowest BCUT2D eigenvalue weighted by Crippen LogP contribution is -2.29. The lowest BCUT2D eigenvalue weighted by atomic mass is 9.66. The molecule has 6 aromatic carbocycles. The molecule has 0 fully saturated rings. The molecule has 0 spiro atoms. The van der Waals surface area contributed by atoms with E-state index in [1.165, 1.54) is 50.1 Å². The Kier molecular flexibility index (Phi) is 6.12. The molecule has 0 saturated heterocycles. The summed E-state index contributed by atoms with van der Waals surface area (Å²) in [5.41, 5.74) is 13.5. The van der Waals surface area contributed by atoms with E-state index < -0.39 is 5.41 Å². The van der Waals surface area contributed by atoms with Crippen molar-refractivity contribution in [3.05, 3.63) is 184 Å². The highest BCUT2D eigenvalue weighted by Crippen LogP contribution is 2.57. The van der Waals surface area contributed by atoms with Crippen LogP contribution in [-0.2, 0) is 10.8 Å². The van der Waals surface area contributed by atoms with Gasteiger partial charge in [-0.25, -0.2) is 4.98 Å². The van der Waals surface area contributed by atoms with Crippen LogP contribution in [0, 0.1) is 0 Å². The molecule has 7 aromatic rings. The fourth-order valence-electron chi connectivity index (χ4n) is 8.13. The monoisotopic (exact) mass is 623 g/mol. The van der Waals surface area contributed by atoms with Gasteiger partial charge in [0.2, 0.25) is 5.28 Å². The van der Waals surface area contributed by atoms with Gasteiger partial charge in [-0.15, -0.1) is 0 Å². The molecule has 2 aliphatic carbocycles. The van der Waals surface area contributed by atoms with E-state index in [2.05, 4.69) is 164 Å². The van der Waals surface area contributed by atoms with Crippen LogP contribution in [0.4, 0.5) is 0 Å². The standard InChI is InChI=1S/C43H30ClN3/c1-42(2)34-20-10-6-16-29(34)32-25-24-27(26-38(32)42)39-45-40(47-41(44)46-39)33-19-9-13-23-37(33)43(28-14-4-3-5-15-28)35-21-11-7-17-30(35)31-18-8-12-22-36(31)43/h3-26H,1-2H3. The molecule has 2 aliphatic rings.